The number of carboxylic acid groups (broad SMARTS) is 1. The maximum atomic E-state index is 10.8. The first-order chi connectivity index (χ1) is 8.20. The summed E-state index contributed by atoms with van der Waals surface area (Å²) in [5, 5.41) is 31.8. The van der Waals surface area contributed by atoms with E-state index in [-0.39, 0.29) is 23.5 Å². The molecule has 0 fully saturated rings. The number of rotatable bonds is 5. The first-order valence-electron chi connectivity index (χ1n) is 5.19. The smallest absolute Gasteiger partial charge is 0.335 e. The second kappa shape index (κ2) is 5.01. The molecule has 0 aliphatic rings. The Hall–Kier alpha value is -2.15. The molecule has 0 radical (unpaired) electrons. The molecule has 0 heterocycles. The van der Waals surface area contributed by atoms with Crippen LogP contribution in [0.1, 0.15) is 24.2 Å². The number of carbonyl (C=O) groups is 1. The molecule has 3 N–H and O–H groups in total. The van der Waals surface area contributed by atoms with Crippen LogP contribution in [0.3, 0.4) is 0 Å². The van der Waals surface area contributed by atoms with Gasteiger partial charge in [0.1, 0.15) is 5.69 Å². The fraction of sp³-hybridized carbons (Fsp3) is 0.364. The molecule has 0 atom stereocenters. The van der Waals surface area contributed by atoms with Gasteiger partial charge >= 0.3 is 5.97 Å². The summed E-state index contributed by atoms with van der Waals surface area (Å²) in [5.41, 5.74) is -1.28. The summed E-state index contributed by atoms with van der Waals surface area (Å²) >= 11 is 0. The van der Waals surface area contributed by atoms with Crippen molar-refractivity contribution in [2.45, 2.75) is 19.4 Å². The van der Waals surface area contributed by atoms with Crippen molar-refractivity contribution < 1.29 is 19.9 Å². The number of nitro benzene ring substituents is 1. The quantitative estimate of drug-likeness (QED) is 0.541. The molecule has 0 amide bonds. The van der Waals surface area contributed by atoms with Crippen molar-refractivity contribution in [1.82, 2.24) is 0 Å². The molecule has 0 saturated carbocycles. The van der Waals surface area contributed by atoms with E-state index in [9.17, 15) is 20.0 Å². The van der Waals surface area contributed by atoms with Gasteiger partial charge in [0.25, 0.3) is 5.69 Å². The summed E-state index contributed by atoms with van der Waals surface area (Å²) in [7, 11) is 0. The van der Waals surface area contributed by atoms with Gasteiger partial charge in [0.05, 0.1) is 16.1 Å². The van der Waals surface area contributed by atoms with Crippen LogP contribution in [0.15, 0.2) is 18.2 Å². The lowest BCUT2D eigenvalue weighted by atomic mass is 10.1. The number of nitro groups is 1. The predicted molar refractivity (Wildman–Crippen MR) is 64.8 cm³/mol. The van der Waals surface area contributed by atoms with Crippen molar-refractivity contribution in [3.8, 4) is 0 Å². The van der Waals surface area contributed by atoms with Crippen molar-refractivity contribution in [3.05, 3.63) is 33.9 Å². The van der Waals surface area contributed by atoms with E-state index in [1.807, 2.05) is 0 Å². The van der Waals surface area contributed by atoms with E-state index >= 15 is 0 Å². The molecular weight excluding hydrogens is 240 g/mol. The summed E-state index contributed by atoms with van der Waals surface area (Å²) < 4.78 is 0. The molecule has 0 unspecified atom stereocenters. The van der Waals surface area contributed by atoms with Crippen LogP contribution in [0.4, 0.5) is 11.4 Å². The van der Waals surface area contributed by atoms with Crippen molar-refractivity contribution in [3.63, 3.8) is 0 Å². The molecular formula is C11H14N2O5. The van der Waals surface area contributed by atoms with E-state index in [2.05, 4.69) is 5.32 Å². The van der Waals surface area contributed by atoms with E-state index in [4.69, 9.17) is 5.11 Å². The Balaban J connectivity index is 3.08. The van der Waals surface area contributed by atoms with Crippen LogP contribution in [0, 0.1) is 10.1 Å². The van der Waals surface area contributed by atoms with Crippen LogP contribution >= 0.6 is 0 Å². The number of anilines is 1. The van der Waals surface area contributed by atoms with Gasteiger partial charge in [0, 0.05) is 12.6 Å². The summed E-state index contributed by atoms with van der Waals surface area (Å²) in [6.07, 6.45) is 0. The lowest BCUT2D eigenvalue weighted by molar-refractivity contribution is -0.384. The zero-order chi connectivity index (χ0) is 13.9. The normalized spacial score (nSPS) is 11.1. The van der Waals surface area contributed by atoms with Crippen molar-refractivity contribution in [2.75, 3.05) is 11.9 Å². The third kappa shape index (κ3) is 3.70. The van der Waals surface area contributed by atoms with E-state index in [1.165, 1.54) is 19.9 Å². The number of aliphatic hydroxyl groups is 1. The number of hydrogen-bond acceptors (Lipinski definition) is 5. The minimum Gasteiger partial charge on any atom is -0.478 e. The van der Waals surface area contributed by atoms with Crippen molar-refractivity contribution in [1.29, 1.82) is 0 Å². The number of nitrogens with one attached hydrogen (secondary N) is 1. The Bertz CT molecular complexity index is 479. The Morgan fingerprint density at radius 3 is 2.56 bits per heavy atom. The Morgan fingerprint density at radius 2 is 2.11 bits per heavy atom. The molecule has 18 heavy (non-hydrogen) atoms. The number of carboxylic acids is 1. The highest BCUT2D eigenvalue weighted by Gasteiger charge is 2.19. The Labute approximate surface area is 103 Å². The summed E-state index contributed by atoms with van der Waals surface area (Å²) in [6.45, 7) is 3.14. The van der Waals surface area contributed by atoms with Gasteiger partial charge in [-0.15, -0.1) is 0 Å². The fourth-order valence-electron chi connectivity index (χ4n) is 1.28. The fourth-order valence-corrected chi connectivity index (χ4v) is 1.28. The maximum absolute atomic E-state index is 10.8. The van der Waals surface area contributed by atoms with Gasteiger partial charge in [0.2, 0.25) is 0 Å². The summed E-state index contributed by atoms with van der Waals surface area (Å²) in [5.74, 6) is -1.17. The second-order valence-electron chi connectivity index (χ2n) is 4.46. The first-order valence-corrected chi connectivity index (χ1v) is 5.19. The number of hydrogen-bond donors (Lipinski definition) is 3. The minimum atomic E-state index is -1.17. The zero-order valence-electron chi connectivity index (χ0n) is 10.0. The molecule has 0 spiro atoms. The van der Waals surface area contributed by atoms with E-state index in [0.717, 1.165) is 12.1 Å². The van der Waals surface area contributed by atoms with Gasteiger partial charge in [-0.05, 0) is 26.0 Å². The highest BCUT2D eigenvalue weighted by Crippen LogP contribution is 2.26. The molecule has 1 aromatic carbocycles. The molecule has 0 aliphatic heterocycles. The number of benzene rings is 1. The van der Waals surface area contributed by atoms with E-state index < -0.39 is 16.5 Å². The molecule has 7 heteroatoms. The zero-order valence-corrected chi connectivity index (χ0v) is 10.0. The highest BCUT2D eigenvalue weighted by atomic mass is 16.6. The Kier molecular flexibility index (Phi) is 3.87. The van der Waals surface area contributed by atoms with Crippen LogP contribution in [-0.4, -0.2) is 33.3 Å². The highest BCUT2D eigenvalue weighted by molar-refractivity contribution is 5.90. The molecule has 1 rings (SSSR count). The van der Waals surface area contributed by atoms with Crippen LogP contribution < -0.4 is 5.32 Å². The van der Waals surface area contributed by atoms with Gasteiger partial charge in [0.15, 0.2) is 0 Å². The predicted octanol–water partition coefficient (Wildman–Crippen LogP) is 1.48. The van der Waals surface area contributed by atoms with Gasteiger partial charge in [-0.25, -0.2) is 4.79 Å². The van der Waals surface area contributed by atoms with Gasteiger partial charge in [-0.2, -0.15) is 0 Å². The van der Waals surface area contributed by atoms with Crippen LogP contribution in [0.2, 0.25) is 0 Å². The Morgan fingerprint density at radius 1 is 1.50 bits per heavy atom. The molecule has 98 valence electrons. The lowest BCUT2D eigenvalue weighted by Crippen LogP contribution is -2.29. The number of aromatic carboxylic acids is 1. The van der Waals surface area contributed by atoms with Gasteiger partial charge in [-0.1, -0.05) is 0 Å². The van der Waals surface area contributed by atoms with Gasteiger partial charge < -0.3 is 15.5 Å². The molecule has 0 aromatic heterocycles. The topological polar surface area (TPSA) is 113 Å². The monoisotopic (exact) mass is 254 g/mol. The van der Waals surface area contributed by atoms with E-state index in [0.29, 0.717) is 0 Å². The van der Waals surface area contributed by atoms with Crippen LogP contribution in [0.25, 0.3) is 0 Å². The number of nitrogens with zero attached hydrogens (tertiary/aromatic N) is 1. The van der Waals surface area contributed by atoms with Crippen LogP contribution in [-0.2, 0) is 0 Å². The molecule has 0 saturated heterocycles. The molecule has 0 aliphatic carbocycles. The molecule has 0 bridgehead atoms. The van der Waals surface area contributed by atoms with Crippen LogP contribution in [0.5, 0.6) is 0 Å². The maximum Gasteiger partial charge on any atom is 0.335 e. The second-order valence-corrected chi connectivity index (χ2v) is 4.46. The third-order valence-electron chi connectivity index (χ3n) is 2.15. The SMILES string of the molecule is CC(C)(O)CNc1cc(C(=O)O)ccc1[N+](=O)[O-]. The molecule has 1 aromatic rings. The third-order valence-corrected chi connectivity index (χ3v) is 2.15. The van der Waals surface area contributed by atoms with Crippen molar-refractivity contribution in [2.24, 2.45) is 0 Å². The largest absolute Gasteiger partial charge is 0.478 e. The van der Waals surface area contributed by atoms with Crippen molar-refractivity contribution >= 4 is 17.3 Å². The average molecular weight is 254 g/mol. The average Bonchev–Trinajstić information content (AvgIpc) is 2.24. The summed E-state index contributed by atoms with van der Waals surface area (Å²) in [6, 6.07) is 3.46. The van der Waals surface area contributed by atoms with Gasteiger partial charge in [-0.3, -0.25) is 10.1 Å². The summed E-state index contributed by atoms with van der Waals surface area (Å²) in [4.78, 5) is 21.0. The minimum absolute atomic E-state index is 0.0566. The van der Waals surface area contributed by atoms with E-state index in [1.54, 1.807) is 0 Å². The lowest BCUT2D eigenvalue weighted by Gasteiger charge is -2.18. The first kappa shape index (κ1) is 13.9. The molecule has 7 nitrogen and oxygen atoms in total. The standard InChI is InChI=1S/C11H14N2O5/c1-11(2,16)6-12-8-5-7(10(14)15)3-4-9(8)13(17)18/h3-5,12,16H,6H2,1-2H3,(H,14,15).